The van der Waals surface area contributed by atoms with Crippen molar-refractivity contribution in [1.82, 2.24) is 4.90 Å². The number of ketones is 1. The molecule has 38 heavy (non-hydrogen) atoms. The summed E-state index contributed by atoms with van der Waals surface area (Å²) in [7, 11) is 4.55. The van der Waals surface area contributed by atoms with Gasteiger partial charge in [0.2, 0.25) is 17.6 Å². The quantitative estimate of drug-likeness (QED) is 0.208. The summed E-state index contributed by atoms with van der Waals surface area (Å²) in [5, 5.41) is -0.571. The van der Waals surface area contributed by atoms with Gasteiger partial charge in [-0.05, 0) is 48.6 Å². The Hall–Kier alpha value is -3.41. The van der Waals surface area contributed by atoms with Crippen molar-refractivity contribution in [2.75, 3.05) is 52.5 Å². The Bertz CT molecular complexity index is 1260. The van der Waals surface area contributed by atoms with Crippen LogP contribution in [-0.2, 0) is 14.3 Å². The number of thioether (sulfide) groups is 1. The van der Waals surface area contributed by atoms with Gasteiger partial charge < -0.3 is 23.8 Å². The lowest BCUT2D eigenvalue weighted by molar-refractivity contribution is -0.121. The molecular formula is C27H28N2O7S2. The molecule has 9 nitrogen and oxygen atoms in total. The fourth-order valence-electron chi connectivity index (χ4n) is 4.20. The summed E-state index contributed by atoms with van der Waals surface area (Å²) in [5.74, 6) is 0.524. The molecule has 2 aliphatic heterocycles. The molecule has 2 fully saturated rings. The number of nitrogens with zero attached hydrogens (tertiary/aromatic N) is 2. The fourth-order valence-corrected chi connectivity index (χ4v) is 5.74. The van der Waals surface area contributed by atoms with Crippen molar-refractivity contribution in [3.05, 3.63) is 53.6 Å². The van der Waals surface area contributed by atoms with Crippen molar-refractivity contribution in [2.45, 2.75) is 11.7 Å². The van der Waals surface area contributed by atoms with Gasteiger partial charge in [0.15, 0.2) is 17.3 Å². The molecule has 0 unspecified atom stereocenters. The van der Waals surface area contributed by atoms with Crippen LogP contribution in [0, 0.1) is 0 Å². The van der Waals surface area contributed by atoms with E-state index in [9.17, 15) is 14.4 Å². The van der Waals surface area contributed by atoms with Crippen LogP contribution in [0.4, 0.5) is 5.69 Å². The first-order valence-electron chi connectivity index (χ1n) is 11.9. The first-order valence-corrected chi connectivity index (χ1v) is 13.2. The zero-order valence-electron chi connectivity index (χ0n) is 21.3. The van der Waals surface area contributed by atoms with Gasteiger partial charge in [0.1, 0.15) is 9.57 Å². The number of ether oxygens (including phenoxy) is 4. The first-order chi connectivity index (χ1) is 18.4. The standard InChI is InChI=1S/C27H28N2O7S2/c1-33-21-11-7-18(24(34-2)25(21)35-3)6-10-20(30)17-4-8-19(9-5-17)29-23(31)16-22(26(29)32)38-27(37)28-12-14-36-15-13-28/h4-11,22H,12-16H2,1-3H3/b10-6+/t22-/m0/s1. The predicted octanol–water partition coefficient (Wildman–Crippen LogP) is 3.59. The maximum atomic E-state index is 13.0. The second-order valence-corrected chi connectivity index (χ2v) is 10.2. The number of methoxy groups -OCH3 is 3. The molecular weight excluding hydrogens is 528 g/mol. The van der Waals surface area contributed by atoms with E-state index in [0.717, 1.165) is 4.90 Å². The van der Waals surface area contributed by atoms with Crippen molar-refractivity contribution in [2.24, 2.45) is 0 Å². The van der Waals surface area contributed by atoms with Gasteiger partial charge in [0.25, 0.3) is 0 Å². The second kappa shape index (κ2) is 12.4. The Morgan fingerprint density at radius 3 is 2.32 bits per heavy atom. The van der Waals surface area contributed by atoms with Crippen molar-refractivity contribution in [3.8, 4) is 17.2 Å². The Labute approximate surface area is 230 Å². The van der Waals surface area contributed by atoms with Crippen LogP contribution in [0.3, 0.4) is 0 Å². The molecule has 2 aliphatic rings. The van der Waals surface area contributed by atoms with Crippen LogP contribution in [0.2, 0.25) is 0 Å². The summed E-state index contributed by atoms with van der Waals surface area (Å²) in [6.45, 7) is 2.53. The molecule has 11 heteroatoms. The van der Waals surface area contributed by atoms with E-state index in [1.54, 1.807) is 42.5 Å². The summed E-state index contributed by atoms with van der Waals surface area (Å²) in [4.78, 5) is 41.7. The van der Waals surface area contributed by atoms with E-state index in [2.05, 4.69) is 0 Å². The summed E-state index contributed by atoms with van der Waals surface area (Å²) in [6.07, 6.45) is 3.12. The number of hydrogen-bond acceptors (Lipinski definition) is 9. The number of carbonyl (C=O) groups is 3. The van der Waals surface area contributed by atoms with Crippen molar-refractivity contribution >= 4 is 57.7 Å². The van der Waals surface area contributed by atoms with Crippen LogP contribution >= 0.6 is 24.0 Å². The van der Waals surface area contributed by atoms with E-state index in [-0.39, 0.29) is 24.0 Å². The number of allylic oxidation sites excluding steroid dienone is 1. The third-order valence-corrected chi connectivity index (χ3v) is 7.84. The zero-order chi connectivity index (χ0) is 27.2. The minimum atomic E-state index is -0.571. The molecule has 0 aliphatic carbocycles. The smallest absolute Gasteiger partial charge is 0.247 e. The Morgan fingerprint density at radius 1 is 1.00 bits per heavy atom. The number of benzene rings is 2. The van der Waals surface area contributed by atoms with Crippen LogP contribution in [0.25, 0.3) is 6.08 Å². The third-order valence-electron chi connectivity index (χ3n) is 6.18. The van der Waals surface area contributed by atoms with Gasteiger partial charge in [-0.15, -0.1) is 0 Å². The number of carbonyl (C=O) groups excluding carboxylic acids is 3. The number of anilines is 1. The number of thiocarbonyl (C=S) groups is 1. The van der Waals surface area contributed by atoms with Crippen molar-refractivity contribution in [1.29, 1.82) is 0 Å². The van der Waals surface area contributed by atoms with Gasteiger partial charge in [0, 0.05) is 30.6 Å². The molecule has 4 rings (SSSR count). The molecule has 0 radical (unpaired) electrons. The van der Waals surface area contributed by atoms with Gasteiger partial charge in [-0.2, -0.15) is 0 Å². The number of hydrogen-bond donors (Lipinski definition) is 0. The van der Waals surface area contributed by atoms with Crippen LogP contribution in [0.5, 0.6) is 17.2 Å². The van der Waals surface area contributed by atoms with Gasteiger partial charge in [0.05, 0.1) is 40.2 Å². The van der Waals surface area contributed by atoms with E-state index in [0.29, 0.717) is 64.7 Å². The fraction of sp³-hybridized carbons (Fsp3) is 0.333. The third kappa shape index (κ3) is 5.85. The predicted molar refractivity (Wildman–Crippen MR) is 149 cm³/mol. The van der Waals surface area contributed by atoms with Crippen molar-refractivity contribution < 1.29 is 33.3 Å². The number of imide groups is 1. The Morgan fingerprint density at radius 2 is 1.68 bits per heavy atom. The molecule has 2 amide bonds. The summed E-state index contributed by atoms with van der Waals surface area (Å²) in [5.41, 5.74) is 1.47. The number of amides is 2. The summed E-state index contributed by atoms with van der Waals surface area (Å²) < 4.78 is 22.1. The first kappa shape index (κ1) is 27.6. The minimum Gasteiger partial charge on any atom is -0.493 e. The lowest BCUT2D eigenvalue weighted by atomic mass is 10.1. The second-order valence-electron chi connectivity index (χ2n) is 8.41. The Kier molecular flexibility index (Phi) is 9.03. The molecule has 0 saturated carbocycles. The van der Waals surface area contributed by atoms with Gasteiger partial charge in [-0.3, -0.25) is 14.4 Å². The van der Waals surface area contributed by atoms with Crippen LogP contribution in [0.15, 0.2) is 42.5 Å². The lowest BCUT2D eigenvalue weighted by Crippen LogP contribution is -2.39. The molecule has 0 aromatic heterocycles. The molecule has 0 spiro atoms. The summed E-state index contributed by atoms with van der Waals surface area (Å²) in [6, 6.07) is 9.86. The highest BCUT2D eigenvalue weighted by Crippen LogP contribution is 2.40. The zero-order valence-corrected chi connectivity index (χ0v) is 22.9. The molecule has 200 valence electrons. The molecule has 1 atom stereocenters. The molecule has 2 saturated heterocycles. The summed E-state index contributed by atoms with van der Waals surface area (Å²) >= 11 is 6.74. The number of rotatable bonds is 8. The van der Waals surface area contributed by atoms with Crippen LogP contribution in [0.1, 0.15) is 22.3 Å². The average Bonchev–Trinajstić information content (AvgIpc) is 3.23. The monoisotopic (exact) mass is 556 g/mol. The van der Waals surface area contributed by atoms with E-state index >= 15 is 0 Å². The SMILES string of the molecule is COc1ccc(/C=C/C(=O)c2ccc(N3C(=O)C[C@H](SC(=S)N4CCOCC4)C3=O)cc2)c(OC)c1OC. The average molecular weight is 557 g/mol. The van der Waals surface area contributed by atoms with E-state index in [1.807, 2.05) is 4.90 Å². The van der Waals surface area contributed by atoms with E-state index in [1.165, 1.54) is 39.2 Å². The molecule has 2 aromatic rings. The maximum absolute atomic E-state index is 13.0. The normalized spacial score (nSPS) is 17.7. The molecule has 0 bridgehead atoms. The van der Waals surface area contributed by atoms with Crippen LogP contribution in [-0.4, -0.2) is 79.7 Å². The number of morpholine rings is 1. The highest BCUT2D eigenvalue weighted by atomic mass is 32.2. The highest BCUT2D eigenvalue weighted by molar-refractivity contribution is 8.23. The highest BCUT2D eigenvalue weighted by Gasteiger charge is 2.41. The molecule has 2 aromatic carbocycles. The van der Waals surface area contributed by atoms with Crippen LogP contribution < -0.4 is 19.1 Å². The minimum absolute atomic E-state index is 0.0740. The van der Waals surface area contributed by atoms with Gasteiger partial charge in [-0.25, -0.2) is 4.90 Å². The van der Waals surface area contributed by atoms with E-state index < -0.39 is 5.25 Å². The lowest BCUT2D eigenvalue weighted by Gasteiger charge is -2.29. The molecule has 2 heterocycles. The van der Waals surface area contributed by atoms with Gasteiger partial charge >= 0.3 is 0 Å². The van der Waals surface area contributed by atoms with Crippen molar-refractivity contribution in [3.63, 3.8) is 0 Å². The molecule has 0 N–H and O–H groups in total. The Balaban J connectivity index is 1.44. The largest absolute Gasteiger partial charge is 0.493 e. The maximum Gasteiger partial charge on any atom is 0.247 e. The van der Waals surface area contributed by atoms with Gasteiger partial charge in [-0.1, -0.05) is 24.0 Å². The van der Waals surface area contributed by atoms with E-state index in [4.69, 9.17) is 31.2 Å². The topological polar surface area (TPSA) is 94.6 Å².